The van der Waals surface area contributed by atoms with Crippen molar-refractivity contribution in [2.75, 3.05) is 0 Å². The lowest BCUT2D eigenvalue weighted by Gasteiger charge is -2.00. The van der Waals surface area contributed by atoms with E-state index >= 15 is 0 Å². The van der Waals surface area contributed by atoms with Gasteiger partial charge in [-0.1, -0.05) is 17.7 Å². The van der Waals surface area contributed by atoms with Crippen molar-refractivity contribution in [1.82, 2.24) is 9.38 Å². The number of aromatic nitrogens is 2. The van der Waals surface area contributed by atoms with Gasteiger partial charge in [0.25, 0.3) is 0 Å². The molecule has 3 aromatic heterocycles. The molecule has 0 aliphatic carbocycles. The van der Waals surface area contributed by atoms with Crippen LogP contribution in [0.3, 0.4) is 0 Å². The Morgan fingerprint density at radius 2 is 2.32 bits per heavy atom. The summed E-state index contributed by atoms with van der Waals surface area (Å²) in [4.78, 5) is 16.4. The van der Waals surface area contributed by atoms with E-state index in [0.29, 0.717) is 17.1 Å². The summed E-state index contributed by atoms with van der Waals surface area (Å²) >= 11 is 7.73. The maximum Gasteiger partial charge on any atom is 0.335 e. The summed E-state index contributed by atoms with van der Waals surface area (Å²) in [5.41, 5.74) is 0.824. The first kappa shape index (κ1) is 12.2. The van der Waals surface area contributed by atoms with Crippen molar-refractivity contribution < 1.29 is 9.90 Å². The van der Waals surface area contributed by atoms with Crippen molar-refractivity contribution in [1.29, 1.82) is 0 Å². The van der Waals surface area contributed by atoms with Crippen LogP contribution in [0.2, 0.25) is 5.15 Å². The van der Waals surface area contributed by atoms with Gasteiger partial charge >= 0.3 is 5.97 Å². The van der Waals surface area contributed by atoms with Crippen LogP contribution in [0, 0.1) is 0 Å². The van der Waals surface area contributed by atoms with Gasteiger partial charge in [-0.2, -0.15) is 0 Å². The van der Waals surface area contributed by atoms with E-state index in [2.05, 4.69) is 4.98 Å². The van der Waals surface area contributed by atoms with E-state index in [1.54, 1.807) is 23.6 Å². The van der Waals surface area contributed by atoms with Crippen LogP contribution in [0.25, 0.3) is 5.52 Å². The molecular weight excluding hydrogens is 284 g/mol. The Kier molecular flexibility index (Phi) is 3.00. The molecule has 3 rings (SSSR count). The Morgan fingerprint density at radius 1 is 1.47 bits per heavy atom. The highest BCUT2D eigenvalue weighted by atomic mass is 35.5. The van der Waals surface area contributed by atoms with Gasteiger partial charge in [-0.05, 0) is 23.6 Å². The van der Waals surface area contributed by atoms with Gasteiger partial charge in [0.1, 0.15) is 5.82 Å². The molecule has 19 heavy (non-hydrogen) atoms. The second kappa shape index (κ2) is 4.68. The Morgan fingerprint density at radius 3 is 3.00 bits per heavy atom. The van der Waals surface area contributed by atoms with Crippen LogP contribution in [-0.2, 0) is 6.42 Å². The number of thiophene rings is 1. The summed E-state index contributed by atoms with van der Waals surface area (Å²) in [6.07, 6.45) is 2.37. The van der Waals surface area contributed by atoms with E-state index in [1.807, 2.05) is 21.9 Å². The quantitative estimate of drug-likeness (QED) is 0.805. The van der Waals surface area contributed by atoms with Gasteiger partial charge in [0.2, 0.25) is 0 Å². The summed E-state index contributed by atoms with van der Waals surface area (Å²) < 4.78 is 1.83. The fourth-order valence-corrected chi connectivity index (χ4v) is 2.88. The zero-order valence-electron chi connectivity index (χ0n) is 9.71. The lowest BCUT2D eigenvalue weighted by atomic mass is 10.2. The van der Waals surface area contributed by atoms with Gasteiger partial charge in [-0.3, -0.25) is 0 Å². The molecule has 3 aromatic rings. The van der Waals surface area contributed by atoms with E-state index < -0.39 is 5.97 Å². The molecule has 0 saturated carbocycles. The number of fused-ring (bicyclic) bond motifs is 1. The minimum Gasteiger partial charge on any atom is -0.478 e. The number of carbonyl (C=O) groups is 1. The first-order valence-corrected chi connectivity index (χ1v) is 6.83. The highest BCUT2D eigenvalue weighted by molar-refractivity contribution is 7.09. The summed E-state index contributed by atoms with van der Waals surface area (Å²) in [5.74, 6) is -0.168. The third-order valence-corrected chi connectivity index (χ3v) is 3.99. The molecule has 0 fully saturated rings. The maximum absolute atomic E-state index is 10.9. The van der Waals surface area contributed by atoms with Crippen LogP contribution in [-0.4, -0.2) is 20.5 Å². The minimum atomic E-state index is -0.973. The molecule has 3 heterocycles. The third-order valence-electron chi connectivity index (χ3n) is 2.83. The molecule has 0 spiro atoms. The van der Waals surface area contributed by atoms with Crippen LogP contribution < -0.4 is 0 Å². The number of carboxylic acids is 1. The SMILES string of the molecule is O=C(O)c1ccn2c(Cc3cccs3)nc(Cl)c2c1. The second-order valence-electron chi connectivity index (χ2n) is 4.05. The highest BCUT2D eigenvalue weighted by Gasteiger charge is 2.12. The number of carboxylic acid groups (broad SMARTS) is 1. The van der Waals surface area contributed by atoms with E-state index in [1.165, 1.54) is 10.9 Å². The van der Waals surface area contributed by atoms with Crippen molar-refractivity contribution in [2.45, 2.75) is 6.42 Å². The number of halogens is 1. The van der Waals surface area contributed by atoms with Gasteiger partial charge in [-0.25, -0.2) is 9.78 Å². The largest absolute Gasteiger partial charge is 0.478 e. The number of rotatable bonds is 3. The lowest BCUT2D eigenvalue weighted by molar-refractivity contribution is 0.0697. The monoisotopic (exact) mass is 292 g/mol. The number of pyridine rings is 1. The van der Waals surface area contributed by atoms with Gasteiger partial charge in [-0.15, -0.1) is 11.3 Å². The average Bonchev–Trinajstić information content (AvgIpc) is 2.99. The Hall–Kier alpha value is -1.85. The van der Waals surface area contributed by atoms with E-state index in [9.17, 15) is 4.79 Å². The number of hydrogen-bond acceptors (Lipinski definition) is 3. The molecule has 0 unspecified atom stereocenters. The van der Waals surface area contributed by atoms with Crippen LogP contribution in [0.4, 0.5) is 0 Å². The molecule has 0 bridgehead atoms. The molecule has 6 heteroatoms. The summed E-state index contributed by atoms with van der Waals surface area (Å²) in [5, 5.41) is 11.3. The standard InChI is InChI=1S/C13H9ClN2O2S/c14-12-10-6-8(13(17)18)3-4-16(10)11(15-12)7-9-2-1-5-19-9/h1-6H,7H2,(H,17,18). The fourth-order valence-electron chi connectivity index (χ4n) is 1.94. The summed E-state index contributed by atoms with van der Waals surface area (Å²) in [7, 11) is 0. The zero-order valence-corrected chi connectivity index (χ0v) is 11.3. The topological polar surface area (TPSA) is 54.6 Å². The smallest absolute Gasteiger partial charge is 0.335 e. The predicted octanol–water partition coefficient (Wildman–Crippen LogP) is 3.34. The molecule has 0 radical (unpaired) electrons. The van der Waals surface area contributed by atoms with Crippen molar-refractivity contribution in [3.8, 4) is 0 Å². The Balaban J connectivity index is 2.09. The molecule has 1 N–H and O–H groups in total. The van der Waals surface area contributed by atoms with Gasteiger partial charge in [0.05, 0.1) is 11.1 Å². The molecule has 0 saturated heterocycles. The molecule has 0 amide bonds. The number of imidazole rings is 1. The van der Waals surface area contributed by atoms with E-state index in [0.717, 1.165) is 5.82 Å². The molecule has 0 atom stereocenters. The average molecular weight is 293 g/mol. The Bertz CT molecular complexity index is 749. The Labute approximate surface area is 117 Å². The predicted molar refractivity (Wildman–Crippen MR) is 74.3 cm³/mol. The van der Waals surface area contributed by atoms with Gasteiger partial charge in [0, 0.05) is 17.5 Å². The first-order valence-electron chi connectivity index (χ1n) is 5.57. The molecule has 96 valence electrons. The number of aromatic carboxylic acids is 1. The van der Waals surface area contributed by atoms with Crippen molar-refractivity contribution in [2.24, 2.45) is 0 Å². The number of nitrogens with zero attached hydrogens (tertiary/aromatic N) is 2. The third kappa shape index (κ3) is 2.22. The van der Waals surface area contributed by atoms with Crippen LogP contribution >= 0.6 is 22.9 Å². The minimum absolute atomic E-state index is 0.206. The second-order valence-corrected chi connectivity index (χ2v) is 5.44. The van der Waals surface area contributed by atoms with Crippen molar-refractivity contribution in [3.05, 3.63) is 57.3 Å². The molecule has 4 nitrogen and oxygen atoms in total. The molecule has 0 aliphatic rings. The van der Waals surface area contributed by atoms with Gasteiger partial charge in [0.15, 0.2) is 5.15 Å². The highest BCUT2D eigenvalue weighted by Crippen LogP contribution is 2.22. The summed E-state index contributed by atoms with van der Waals surface area (Å²) in [6.45, 7) is 0. The van der Waals surface area contributed by atoms with E-state index in [-0.39, 0.29) is 5.56 Å². The lowest BCUT2D eigenvalue weighted by Crippen LogP contribution is -1.99. The van der Waals surface area contributed by atoms with Crippen molar-refractivity contribution >= 4 is 34.4 Å². The first-order chi connectivity index (χ1) is 9.15. The van der Waals surface area contributed by atoms with Crippen LogP contribution in [0.15, 0.2) is 35.8 Å². The van der Waals surface area contributed by atoms with Gasteiger partial charge < -0.3 is 9.51 Å². The maximum atomic E-state index is 10.9. The normalized spacial score (nSPS) is 11.0. The zero-order chi connectivity index (χ0) is 13.4. The fraction of sp³-hybridized carbons (Fsp3) is 0.0769. The van der Waals surface area contributed by atoms with Crippen molar-refractivity contribution in [3.63, 3.8) is 0 Å². The van der Waals surface area contributed by atoms with Crippen LogP contribution in [0.1, 0.15) is 21.1 Å². The van der Waals surface area contributed by atoms with Crippen LogP contribution in [0.5, 0.6) is 0 Å². The van der Waals surface area contributed by atoms with E-state index in [4.69, 9.17) is 16.7 Å². The molecule has 0 aliphatic heterocycles. The molecule has 0 aromatic carbocycles. The summed E-state index contributed by atoms with van der Waals surface area (Å²) in [6, 6.07) is 7.10. The molecular formula is C13H9ClN2O2S. The number of hydrogen-bond donors (Lipinski definition) is 1.